The third kappa shape index (κ3) is 3.68. The molecule has 1 aliphatic heterocycles. The van der Waals surface area contributed by atoms with Crippen molar-refractivity contribution >= 4 is 10.9 Å². The Kier molecular flexibility index (Phi) is 5.68. The quantitative estimate of drug-likeness (QED) is 0.224. The second-order valence-electron chi connectivity index (χ2n) is 10.5. The molecule has 1 aliphatic rings. The number of nitrogens with zero attached hydrogens (tertiary/aromatic N) is 2. The van der Waals surface area contributed by atoms with Crippen LogP contribution in [0.25, 0.3) is 33.5 Å². The fraction of sp³-hybridized carbons (Fsp3) is 0.0256. The van der Waals surface area contributed by atoms with Crippen LogP contribution in [-0.4, -0.2) is 9.97 Å². The number of rotatable bonds is 4. The number of hydrogen-bond acceptors (Lipinski definition) is 3. The smallest absolute Gasteiger partial charge is 0.160 e. The summed E-state index contributed by atoms with van der Waals surface area (Å²) >= 11 is 0. The summed E-state index contributed by atoms with van der Waals surface area (Å²) in [6.07, 6.45) is 0. The van der Waals surface area contributed by atoms with E-state index in [4.69, 9.17) is 14.7 Å². The SMILES string of the molecule is c1ccc(-c2nc(-c3ccccc3C3(c4ccccc4)c4ccccc4Oc4ccccc43)nc3ccccc23)cc1. The van der Waals surface area contributed by atoms with Crippen molar-refractivity contribution in [3.8, 4) is 34.1 Å². The summed E-state index contributed by atoms with van der Waals surface area (Å²) in [6.45, 7) is 0. The lowest BCUT2D eigenvalue weighted by Gasteiger charge is -2.42. The Balaban J connectivity index is 1.49. The zero-order valence-corrected chi connectivity index (χ0v) is 22.8. The average Bonchev–Trinajstić information content (AvgIpc) is 3.07. The van der Waals surface area contributed by atoms with Crippen molar-refractivity contribution in [2.75, 3.05) is 0 Å². The van der Waals surface area contributed by atoms with Gasteiger partial charge < -0.3 is 4.74 Å². The van der Waals surface area contributed by atoms with Crippen LogP contribution in [0.3, 0.4) is 0 Å². The molecule has 0 saturated heterocycles. The Labute approximate surface area is 244 Å². The number of benzene rings is 6. The minimum atomic E-state index is -0.662. The van der Waals surface area contributed by atoms with Crippen molar-refractivity contribution in [1.82, 2.24) is 9.97 Å². The Morgan fingerprint density at radius 1 is 0.452 bits per heavy atom. The molecule has 3 nitrogen and oxygen atoms in total. The van der Waals surface area contributed by atoms with E-state index < -0.39 is 5.41 Å². The minimum Gasteiger partial charge on any atom is -0.457 e. The van der Waals surface area contributed by atoms with Gasteiger partial charge in [-0.3, -0.25) is 0 Å². The van der Waals surface area contributed by atoms with Crippen molar-refractivity contribution in [2.24, 2.45) is 0 Å². The van der Waals surface area contributed by atoms with Gasteiger partial charge in [0.15, 0.2) is 5.82 Å². The summed E-state index contributed by atoms with van der Waals surface area (Å²) in [5.41, 5.74) is 7.66. The van der Waals surface area contributed by atoms with Crippen molar-refractivity contribution in [2.45, 2.75) is 5.41 Å². The van der Waals surface area contributed by atoms with Crippen LogP contribution in [0.15, 0.2) is 158 Å². The summed E-state index contributed by atoms with van der Waals surface area (Å²) in [6, 6.07) is 54.7. The summed E-state index contributed by atoms with van der Waals surface area (Å²) in [5, 5.41) is 1.03. The van der Waals surface area contributed by atoms with E-state index in [9.17, 15) is 0 Å². The first-order valence-electron chi connectivity index (χ1n) is 14.2. The maximum Gasteiger partial charge on any atom is 0.160 e. The maximum atomic E-state index is 6.52. The maximum absolute atomic E-state index is 6.52. The highest BCUT2D eigenvalue weighted by Crippen LogP contribution is 2.56. The molecule has 198 valence electrons. The molecule has 0 fully saturated rings. The molecule has 3 heteroatoms. The lowest BCUT2D eigenvalue weighted by atomic mass is 9.62. The number of ether oxygens (including phenoxy) is 1. The standard InChI is InChI=1S/C39H26N2O/c1-3-15-27(16-4-1)37-30-20-8-12-24-34(30)40-38(41-37)29-19-7-9-21-31(29)39(28-17-5-2-6-18-28)32-22-10-13-25-35(32)42-36-26-14-11-23-33(36)39/h1-26H. The zero-order valence-electron chi connectivity index (χ0n) is 22.8. The average molecular weight is 539 g/mol. The van der Waals surface area contributed by atoms with Crippen LogP contribution in [0.2, 0.25) is 0 Å². The van der Waals surface area contributed by atoms with Gasteiger partial charge in [-0.15, -0.1) is 0 Å². The number of hydrogen-bond donors (Lipinski definition) is 0. The van der Waals surface area contributed by atoms with E-state index in [2.05, 4.69) is 127 Å². The molecule has 0 saturated carbocycles. The first-order valence-corrected chi connectivity index (χ1v) is 14.2. The van der Waals surface area contributed by atoms with E-state index in [1.807, 2.05) is 30.3 Å². The molecule has 0 unspecified atom stereocenters. The number of para-hydroxylation sites is 3. The van der Waals surface area contributed by atoms with Crippen molar-refractivity contribution < 1.29 is 4.74 Å². The molecule has 6 aromatic carbocycles. The van der Waals surface area contributed by atoms with Gasteiger partial charge >= 0.3 is 0 Å². The number of aromatic nitrogens is 2. The highest BCUT2D eigenvalue weighted by atomic mass is 16.5. The fourth-order valence-corrected chi connectivity index (χ4v) is 6.46. The van der Waals surface area contributed by atoms with Gasteiger partial charge in [0.25, 0.3) is 0 Å². The monoisotopic (exact) mass is 538 g/mol. The Hall–Kier alpha value is -5.54. The zero-order chi connectivity index (χ0) is 27.9. The van der Waals surface area contributed by atoms with Crippen LogP contribution in [0.4, 0.5) is 0 Å². The van der Waals surface area contributed by atoms with E-state index in [1.165, 1.54) is 0 Å². The minimum absolute atomic E-state index is 0.662. The summed E-state index contributed by atoms with van der Waals surface area (Å²) in [5.74, 6) is 2.39. The molecule has 0 radical (unpaired) electrons. The molecule has 0 bridgehead atoms. The summed E-state index contributed by atoms with van der Waals surface area (Å²) in [7, 11) is 0. The second-order valence-corrected chi connectivity index (χ2v) is 10.5. The van der Waals surface area contributed by atoms with Crippen LogP contribution >= 0.6 is 0 Å². The van der Waals surface area contributed by atoms with Crippen molar-refractivity contribution in [3.05, 3.63) is 180 Å². The molecule has 0 aliphatic carbocycles. The largest absolute Gasteiger partial charge is 0.457 e. The van der Waals surface area contributed by atoms with E-state index in [-0.39, 0.29) is 0 Å². The molecule has 1 aromatic heterocycles. The highest BCUT2D eigenvalue weighted by molar-refractivity contribution is 5.94. The lowest BCUT2D eigenvalue weighted by molar-refractivity contribution is 0.434. The Bertz CT molecular complexity index is 2020. The van der Waals surface area contributed by atoms with Gasteiger partial charge in [-0.2, -0.15) is 0 Å². The third-order valence-corrected chi connectivity index (χ3v) is 8.23. The van der Waals surface area contributed by atoms with Gasteiger partial charge in [0.05, 0.1) is 16.6 Å². The molecule has 0 N–H and O–H groups in total. The van der Waals surface area contributed by atoms with E-state index in [1.54, 1.807) is 0 Å². The van der Waals surface area contributed by atoms with Crippen molar-refractivity contribution in [1.29, 1.82) is 0 Å². The molecular formula is C39H26N2O. The lowest BCUT2D eigenvalue weighted by Crippen LogP contribution is -2.34. The van der Waals surface area contributed by atoms with Gasteiger partial charge in [0, 0.05) is 27.6 Å². The molecule has 8 rings (SSSR count). The van der Waals surface area contributed by atoms with E-state index in [0.717, 1.165) is 61.5 Å². The Morgan fingerprint density at radius 3 is 1.71 bits per heavy atom. The van der Waals surface area contributed by atoms with Crippen LogP contribution in [0, 0.1) is 0 Å². The normalized spacial score (nSPS) is 13.1. The Morgan fingerprint density at radius 2 is 1.00 bits per heavy atom. The predicted octanol–water partition coefficient (Wildman–Crippen LogP) is 9.45. The molecule has 0 spiro atoms. The first kappa shape index (κ1) is 24.3. The van der Waals surface area contributed by atoms with Crippen LogP contribution in [0.1, 0.15) is 22.3 Å². The number of fused-ring (bicyclic) bond motifs is 3. The topological polar surface area (TPSA) is 35.0 Å². The van der Waals surface area contributed by atoms with Crippen LogP contribution in [0.5, 0.6) is 11.5 Å². The third-order valence-electron chi connectivity index (χ3n) is 8.23. The van der Waals surface area contributed by atoms with Crippen LogP contribution in [-0.2, 0) is 5.41 Å². The predicted molar refractivity (Wildman–Crippen MR) is 169 cm³/mol. The molecule has 0 atom stereocenters. The first-order chi connectivity index (χ1) is 20.8. The fourth-order valence-electron chi connectivity index (χ4n) is 6.46. The molecule has 0 amide bonds. The van der Waals surface area contributed by atoms with Gasteiger partial charge in [-0.05, 0) is 29.3 Å². The molecule has 42 heavy (non-hydrogen) atoms. The van der Waals surface area contributed by atoms with E-state index >= 15 is 0 Å². The van der Waals surface area contributed by atoms with Gasteiger partial charge in [-0.25, -0.2) is 9.97 Å². The summed E-state index contributed by atoms with van der Waals surface area (Å²) < 4.78 is 6.52. The van der Waals surface area contributed by atoms with Crippen LogP contribution < -0.4 is 4.74 Å². The molecule has 7 aromatic rings. The molecule has 2 heterocycles. The highest BCUT2D eigenvalue weighted by Gasteiger charge is 2.46. The van der Waals surface area contributed by atoms with Gasteiger partial charge in [0.2, 0.25) is 0 Å². The molecular weight excluding hydrogens is 512 g/mol. The van der Waals surface area contributed by atoms with Gasteiger partial charge in [0.1, 0.15) is 11.5 Å². The second kappa shape index (κ2) is 9.83. The van der Waals surface area contributed by atoms with Gasteiger partial charge in [-0.1, -0.05) is 140 Å². The van der Waals surface area contributed by atoms with E-state index in [0.29, 0.717) is 5.82 Å². The van der Waals surface area contributed by atoms with Crippen molar-refractivity contribution in [3.63, 3.8) is 0 Å². The summed E-state index contributed by atoms with van der Waals surface area (Å²) in [4.78, 5) is 10.5.